The van der Waals surface area contributed by atoms with E-state index in [1.165, 1.54) is 11.3 Å². The van der Waals surface area contributed by atoms with E-state index in [0.717, 1.165) is 12.2 Å². The topological polar surface area (TPSA) is 79.8 Å². The second-order valence-corrected chi connectivity index (χ2v) is 4.56. The first-order chi connectivity index (χ1) is 8.69. The monoisotopic (exact) mass is 263 g/mol. The van der Waals surface area contributed by atoms with Crippen molar-refractivity contribution in [3.63, 3.8) is 0 Å². The third-order valence-corrected chi connectivity index (χ3v) is 2.98. The number of hydrogen-bond donors (Lipinski definition) is 2. The largest absolute Gasteiger partial charge is 0.360 e. The van der Waals surface area contributed by atoms with Crippen LogP contribution in [0.4, 0.5) is 10.8 Å². The summed E-state index contributed by atoms with van der Waals surface area (Å²) in [5.41, 5.74) is 1.55. The normalized spacial score (nSPS) is 10.1. The fraction of sp³-hybridized carbons (Fsp3) is 0.273. The van der Waals surface area contributed by atoms with Crippen LogP contribution < -0.4 is 10.6 Å². The number of pyridine rings is 1. The smallest absolute Gasteiger partial charge is 0.286 e. The number of carbonyl (C=O) groups is 1. The van der Waals surface area contributed by atoms with Crippen LogP contribution in [0.25, 0.3) is 0 Å². The summed E-state index contributed by atoms with van der Waals surface area (Å²) in [6.07, 6.45) is 1.65. The van der Waals surface area contributed by atoms with Crippen molar-refractivity contribution in [1.82, 2.24) is 15.2 Å². The maximum Gasteiger partial charge on any atom is 0.286 e. The second-order valence-electron chi connectivity index (χ2n) is 3.58. The van der Waals surface area contributed by atoms with Gasteiger partial charge in [-0.1, -0.05) is 11.3 Å². The quantitative estimate of drug-likeness (QED) is 0.881. The highest BCUT2D eigenvalue weighted by Crippen LogP contribution is 2.16. The molecular weight excluding hydrogens is 250 g/mol. The predicted molar refractivity (Wildman–Crippen MR) is 71.0 cm³/mol. The molecule has 2 N–H and O–H groups in total. The standard InChI is InChI=1S/C11H13N5OS/c1-3-12-11-16-15-10(18-11)9(17)14-8-4-5-13-7(2)6-8/h4-6H,3H2,1-2H3,(H,12,16)(H,13,14,17). The lowest BCUT2D eigenvalue weighted by Gasteiger charge is -2.02. The summed E-state index contributed by atoms with van der Waals surface area (Å²) >= 11 is 1.23. The van der Waals surface area contributed by atoms with Crippen LogP contribution in [0.2, 0.25) is 0 Å². The maximum atomic E-state index is 11.9. The molecular formula is C11H13N5OS. The Bertz CT molecular complexity index is 554. The fourth-order valence-electron chi connectivity index (χ4n) is 1.35. The van der Waals surface area contributed by atoms with Crippen molar-refractivity contribution in [2.45, 2.75) is 13.8 Å². The number of amides is 1. The molecule has 1 amide bonds. The highest BCUT2D eigenvalue weighted by molar-refractivity contribution is 7.17. The van der Waals surface area contributed by atoms with Crippen LogP contribution in [0.1, 0.15) is 22.4 Å². The van der Waals surface area contributed by atoms with Gasteiger partial charge in [0.25, 0.3) is 5.91 Å². The Morgan fingerprint density at radius 2 is 2.28 bits per heavy atom. The maximum absolute atomic E-state index is 11.9. The molecule has 2 aromatic rings. The van der Waals surface area contributed by atoms with Crippen LogP contribution in [0, 0.1) is 6.92 Å². The van der Waals surface area contributed by atoms with Gasteiger partial charge in [-0.2, -0.15) is 0 Å². The van der Waals surface area contributed by atoms with Crippen LogP contribution in [0.5, 0.6) is 0 Å². The molecule has 0 aliphatic rings. The summed E-state index contributed by atoms with van der Waals surface area (Å²) in [7, 11) is 0. The molecule has 18 heavy (non-hydrogen) atoms. The van der Waals surface area contributed by atoms with Crippen LogP contribution >= 0.6 is 11.3 Å². The van der Waals surface area contributed by atoms with E-state index >= 15 is 0 Å². The van der Waals surface area contributed by atoms with Crippen molar-refractivity contribution in [3.8, 4) is 0 Å². The highest BCUT2D eigenvalue weighted by atomic mass is 32.1. The number of nitrogens with one attached hydrogen (secondary N) is 2. The molecule has 0 saturated heterocycles. The molecule has 0 spiro atoms. The van der Waals surface area contributed by atoms with Crippen molar-refractivity contribution < 1.29 is 4.79 Å². The lowest BCUT2D eigenvalue weighted by atomic mass is 10.3. The summed E-state index contributed by atoms with van der Waals surface area (Å²) in [5.74, 6) is -0.262. The number of carbonyl (C=O) groups excluding carboxylic acids is 1. The van der Waals surface area contributed by atoms with E-state index in [0.29, 0.717) is 15.8 Å². The molecule has 2 aromatic heterocycles. The zero-order valence-corrected chi connectivity index (χ0v) is 10.9. The third-order valence-electron chi connectivity index (χ3n) is 2.10. The van der Waals surface area contributed by atoms with Gasteiger partial charge >= 0.3 is 0 Å². The molecule has 0 radical (unpaired) electrons. The first-order valence-electron chi connectivity index (χ1n) is 5.50. The number of rotatable bonds is 4. The Morgan fingerprint density at radius 1 is 1.44 bits per heavy atom. The predicted octanol–water partition coefficient (Wildman–Crippen LogP) is 1.93. The molecule has 2 heterocycles. The zero-order chi connectivity index (χ0) is 13.0. The molecule has 7 heteroatoms. The highest BCUT2D eigenvalue weighted by Gasteiger charge is 2.12. The average Bonchev–Trinajstić information content (AvgIpc) is 2.78. The number of hydrogen-bond acceptors (Lipinski definition) is 6. The Kier molecular flexibility index (Phi) is 3.83. The Balaban J connectivity index is 2.07. The second kappa shape index (κ2) is 5.54. The molecule has 2 rings (SSSR count). The first kappa shape index (κ1) is 12.4. The summed E-state index contributed by atoms with van der Waals surface area (Å²) < 4.78 is 0. The van der Waals surface area contributed by atoms with Gasteiger partial charge in [0.15, 0.2) is 0 Å². The number of nitrogens with zero attached hydrogens (tertiary/aromatic N) is 3. The van der Waals surface area contributed by atoms with Crippen molar-refractivity contribution in [2.75, 3.05) is 17.2 Å². The van der Waals surface area contributed by atoms with Gasteiger partial charge in [0.2, 0.25) is 10.1 Å². The molecule has 0 atom stereocenters. The molecule has 0 fully saturated rings. The minimum absolute atomic E-state index is 0.262. The SMILES string of the molecule is CCNc1nnc(C(=O)Nc2ccnc(C)c2)s1. The number of anilines is 2. The molecule has 0 bridgehead atoms. The molecule has 0 aliphatic heterocycles. The molecule has 6 nitrogen and oxygen atoms in total. The van der Waals surface area contributed by atoms with Gasteiger partial charge in [0, 0.05) is 24.1 Å². The Hall–Kier alpha value is -2.02. The number of aromatic nitrogens is 3. The van der Waals surface area contributed by atoms with E-state index in [9.17, 15) is 4.79 Å². The summed E-state index contributed by atoms with van der Waals surface area (Å²) in [4.78, 5) is 16.0. The first-order valence-corrected chi connectivity index (χ1v) is 6.32. The van der Waals surface area contributed by atoms with E-state index in [4.69, 9.17) is 0 Å². The minimum atomic E-state index is -0.262. The molecule has 0 aromatic carbocycles. The molecule has 94 valence electrons. The Morgan fingerprint density at radius 3 is 3.00 bits per heavy atom. The van der Waals surface area contributed by atoms with Crippen molar-refractivity contribution >= 4 is 28.1 Å². The van der Waals surface area contributed by atoms with Gasteiger partial charge < -0.3 is 10.6 Å². The van der Waals surface area contributed by atoms with E-state index in [1.807, 2.05) is 13.8 Å². The molecule has 0 aliphatic carbocycles. The zero-order valence-electron chi connectivity index (χ0n) is 10.1. The van der Waals surface area contributed by atoms with Crippen molar-refractivity contribution in [1.29, 1.82) is 0 Å². The molecule has 0 saturated carbocycles. The van der Waals surface area contributed by atoms with Gasteiger partial charge in [-0.15, -0.1) is 10.2 Å². The summed E-state index contributed by atoms with van der Waals surface area (Å²) in [6, 6.07) is 3.53. The van der Waals surface area contributed by atoms with Gasteiger partial charge in [0.1, 0.15) is 0 Å². The van der Waals surface area contributed by atoms with Crippen molar-refractivity contribution in [2.24, 2.45) is 0 Å². The summed E-state index contributed by atoms with van der Waals surface area (Å²) in [5, 5.41) is 14.4. The van der Waals surface area contributed by atoms with Crippen molar-refractivity contribution in [3.05, 3.63) is 29.0 Å². The third kappa shape index (κ3) is 3.01. The van der Waals surface area contributed by atoms with Gasteiger partial charge in [-0.3, -0.25) is 9.78 Å². The van der Waals surface area contributed by atoms with E-state index in [2.05, 4.69) is 25.8 Å². The Labute approximate surface area is 108 Å². The van der Waals surface area contributed by atoms with E-state index in [1.54, 1.807) is 18.3 Å². The van der Waals surface area contributed by atoms with Crippen LogP contribution in [-0.4, -0.2) is 27.6 Å². The van der Waals surface area contributed by atoms with Gasteiger partial charge in [0.05, 0.1) is 0 Å². The average molecular weight is 263 g/mol. The van der Waals surface area contributed by atoms with E-state index in [-0.39, 0.29) is 5.91 Å². The van der Waals surface area contributed by atoms with Crippen LogP contribution in [-0.2, 0) is 0 Å². The fourth-order valence-corrected chi connectivity index (χ4v) is 2.05. The lowest BCUT2D eigenvalue weighted by molar-refractivity contribution is 0.102. The van der Waals surface area contributed by atoms with E-state index < -0.39 is 0 Å². The lowest BCUT2D eigenvalue weighted by Crippen LogP contribution is -2.11. The van der Waals surface area contributed by atoms with Crippen LogP contribution in [0.15, 0.2) is 18.3 Å². The summed E-state index contributed by atoms with van der Waals surface area (Å²) in [6.45, 7) is 4.57. The molecule has 0 unspecified atom stereocenters. The van der Waals surface area contributed by atoms with Crippen LogP contribution in [0.3, 0.4) is 0 Å². The number of aryl methyl sites for hydroxylation is 1. The minimum Gasteiger partial charge on any atom is -0.360 e. The van der Waals surface area contributed by atoms with Gasteiger partial charge in [-0.25, -0.2) is 0 Å². The van der Waals surface area contributed by atoms with Gasteiger partial charge in [-0.05, 0) is 26.0 Å².